The van der Waals surface area contributed by atoms with Crippen LogP contribution >= 0.6 is 12.4 Å². The molecule has 1 fully saturated rings. The zero-order valence-electron chi connectivity index (χ0n) is 7.29. The third-order valence-electron chi connectivity index (χ3n) is 2.09. The molecule has 1 aliphatic rings. The van der Waals surface area contributed by atoms with Crippen molar-refractivity contribution in [3.8, 4) is 0 Å². The largest absolute Gasteiger partial charge is 0.466 e. The molecule has 2 atom stereocenters. The number of ether oxygens (including phenoxy) is 1. The standard InChI is InChI=1S/C8H15NO2.ClH/c1-2-11-8(10)6-3-4-7(9)5-6;/h6-7H,2-5,9H2,1H3;1H. The Hall–Kier alpha value is -0.280. The molecule has 0 amide bonds. The predicted molar refractivity (Wildman–Crippen MR) is 49.2 cm³/mol. The van der Waals surface area contributed by atoms with Crippen molar-refractivity contribution in [3.63, 3.8) is 0 Å². The van der Waals surface area contributed by atoms with Crippen molar-refractivity contribution in [2.24, 2.45) is 11.7 Å². The molecule has 1 rings (SSSR count). The Balaban J connectivity index is 0.00000121. The molecule has 2 N–H and O–H groups in total. The van der Waals surface area contributed by atoms with Gasteiger partial charge in [0.15, 0.2) is 0 Å². The van der Waals surface area contributed by atoms with Crippen LogP contribution in [-0.4, -0.2) is 18.6 Å². The highest BCUT2D eigenvalue weighted by atomic mass is 35.5. The molecular weight excluding hydrogens is 178 g/mol. The van der Waals surface area contributed by atoms with E-state index < -0.39 is 0 Å². The maximum atomic E-state index is 11.1. The zero-order chi connectivity index (χ0) is 8.27. The Morgan fingerprint density at radius 1 is 1.58 bits per heavy atom. The molecule has 4 heteroatoms. The molecule has 0 aromatic rings. The number of hydrogen-bond acceptors (Lipinski definition) is 3. The molecular formula is C8H16ClNO2. The lowest BCUT2D eigenvalue weighted by atomic mass is 10.1. The monoisotopic (exact) mass is 193 g/mol. The van der Waals surface area contributed by atoms with Gasteiger partial charge in [0, 0.05) is 6.04 Å². The van der Waals surface area contributed by atoms with Crippen LogP contribution in [-0.2, 0) is 9.53 Å². The van der Waals surface area contributed by atoms with Crippen molar-refractivity contribution in [2.75, 3.05) is 6.61 Å². The number of halogens is 1. The Labute approximate surface area is 79.1 Å². The summed E-state index contributed by atoms with van der Waals surface area (Å²) in [5.74, 6) is 0.00500. The van der Waals surface area contributed by atoms with Gasteiger partial charge >= 0.3 is 5.97 Å². The third-order valence-corrected chi connectivity index (χ3v) is 2.09. The average molecular weight is 194 g/mol. The summed E-state index contributed by atoms with van der Waals surface area (Å²) >= 11 is 0. The van der Waals surface area contributed by atoms with E-state index in [0.29, 0.717) is 6.61 Å². The normalized spacial score (nSPS) is 27.8. The maximum absolute atomic E-state index is 11.1. The van der Waals surface area contributed by atoms with Gasteiger partial charge in [0.05, 0.1) is 12.5 Å². The maximum Gasteiger partial charge on any atom is 0.308 e. The highest BCUT2D eigenvalue weighted by Gasteiger charge is 2.28. The number of carbonyl (C=O) groups excluding carboxylic acids is 1. The van der Waals surface area contributed by atoms with E-state index in [1.54, 1.807) is 0 Å². The molecule has 12 heavy (non-hydrogen) atoms. The third kappa shape index (κ3) is 2.99. The van der Waals surface area contributed by atoms with Crippen LogP contribution in [0.25, 0.3) is 0 Å². The number of carbonyl (C=O) groups is 1. The van der Waals surface area contributed by atoms with Gasteiger partial charge in [-0.3, -0.25) is 4.79 Å². The van der Waals surface area contributed by atoms with Crippen LogP contribution in [0, 0.1) is 5.92 Å². The number of rotatable bonds is 2. The fraction of sp³-hybridized carbons (Fsp3) is 0.875. The first kappa shape index (κ1) is 11.7. The molecule has 0 aromatic carbocycles. The van der Waals surface area contributed by atoms with Gasteiger partial charge in [-0.05, 0) is 26.2 Å². The lowest BCUT2D eigenvalue weighted by molar-refractivity contribution is -0.147. The molecule has 3 nitrogen and oxygen atoms in total. The van der Waals surface area contributed by atoms with E-state index in [0.717, 1.165) is 19.3 Å². The predicted octanol–water partition coefficient (Wildman–Crippen LogP) is 1.10. The molecule has 2 unspecified atom stereocenters. The second-order valence-electron chi connectivity index (χ2n) is 3.02. The topological polar surface area (TPSA) is 52.3 Å². The van der Waals surface area contributed by atoms with E-state index in [9.17, 15) is 4.79 Å². The van der Waals surface area contributed by atoms with Crippen molar-refractivity contribution in [3.05, 3.63) is 0 Å². The summed E-state index contributed by atoms with van der Waals surface area (Å²) in [6.45, 7) is 2.30. The highest BCUT2D eigenvalue weighted by molar-refractivity contribution is 5.85. The summed E-state index contributed by atoms with van der Waals surface area (Å²) in [4.78, 5) is 11.1. The number of nitrogens with two attached hydrogens (primary N) is 1. The molecule has 0 bridgehead atoms. The molecule has 0 aromatic heterocycles. The highest BCUT2D eigenvalue weighted by Crippen LogP contribution is 2.24. The summed E-state index contributed by atoms with van der Waals surface area (Å²) in [7, 11) is 0. The van der Waals surface area contributed by atoms with Crippen molar-refractivity contribution in [1.82, 2.24) is 0 Å². The van der Waals surface area contributed by atoms with Gasteiger partial charge in [0.1, 0.15) is 0 Å². The first-order valence-electron chi connectivity index (χ1n) is 4.16. The SMILES string of the molecule is CCOC(=O)C1CCC(N)C1.Cl. The Bertz CT molecular complexity index is 152. The molecule has 1 saturated carbocycles. The van der Waals surface area contributed by atoms with E-state index in [2.05, 4.69) is 0 Å². The van der Waals surface area contributed by atoms with Gasteiger partial charge < -0.3 is 10.5 Å². The summed E-state index contributed by atoms with van der Waals surface area (Å²) in [6, 6.07) is 0.212. The summed E-state index contributed by atoms with van der Waals surface area (Å²) in [5, 5.41) is 0. The molecule has 1 aliphatic carbocycles. The Morgan fingerprint density at radius 2 is 2.25 bits per heavy atom. The summed E-state index contributed by atoms with van der Waals surface area (Å²) in [5.41, 5.74) is 5.65. The minimum Gasteiger partial charge on any atom is -0.466 e. The van der Waals surface area contributed by atoms with Gasteiger partial charge in [0.2, 0.25) is 0 Å². The first-order chi connectivity index (χ1) is 5.24. The lowest BCUT2D eigenvalue weighted by Gasteiger charge is -2.07. The van der Waals surface area contributed by atoms with Crippen molar-refractivity contribution in [2.45, 2.75) is 32.2 Å². The molecule has 0 radical (unpaired) electrons. The van der Waals surface area contributed by atoms with Crippen LogP contribution in [0.5, 0.6) is 0 Å². The van der Waals surface area contributed by atoms with Crippen molar-refractivity contribution >= 4 is 18.4 Å². The van der Waals surface area contributed by atoms with Gasteiger partial charge in [-0.15, -0.1) is 12.4 Å². The van der Waals surface area contributed by atoms with E-state index >= 15 is 0 Å². The Kier molecular flexibility index (Phi) is 5.25. The Morgan fingerprint density at radius 3 is 2.67 bits per heavy atom. The fourth-order valence-electron chi connectivity index (χ4n) is 1.49. The van der Waals surface area contributed by atoms with E-state index in [4.69, 9.17) is 10.5 Å². The molecule has 0 heterocycles. The van der Waals surface area contributed by atoms with E-state index in [-0.39, 0.29) is 30.3 Å². The van der Waals surface area contributed by atoms with Crippen LogP contribution in [0.2, 0.25) is 0 Å². The fourth-order valence-corrected chi connectivity index (χ4v) is 1.49. The molecule has 72 valence electrons. The van der Waals surface area contributed by atoms with Crippen LogP contribution in [0.3, 0.4) is 0 Å². The van der Waals surface area contributed by atoms with Gasteiger partial charge in [-0.2, -0.15) is 0 Å². The second-order valence-corrected chi connectivity index (χ2v) is 3.02. The second kappa shape index (κ2) is 5.38. The summed E-state index contributed by atoms with van der Waals surface area (Å²) in [6.07, 6.45) is 2.67. The zero-order valence-corrected chi connectivity index (χ0v) is 8.10. The van der Waals surface area contributed by atoms with Gasteiger partial charge in [0.25, 0.3) is 0 Å². The molecule has 0 aliphatic heterocycles. The lowest BCUT2D eigenvalue weighted by Crippen LogP contribution is -2.19. The summed E-state index contributed by atoms with van der Waals surface area (Å²) < 4.78 is 4.88. The van der Waals surface area contributed by atoms with Crippen LogP contribution in [0.1, 0.15) is 26.2 Å². The minimum absolute atomic E-state index is 0. The van der Waals surface area contributed by atoms with Gasteiger partial charge in [-0.25, -0.2) is 0 Å². The quantitative estimate of drug-likeness (QED) is 0.669. The van der Waals surface area contributed by atoms with Crippen LogP contribution in [0.4, 0.5) is 0 Å². The number of hydrogen-bond donors (Lipinski definition) is 1. The van der Waals surface area contributed by atoms with E-state index in [1.807, 2.05) is 6.92 Å². The van der Waals surface area contributed by atoms with Crippen LogP contribution in [0.15, 0.2) is 0 Å². The van der Waals surface area contributed by atoms with Gasteiger partial charge in [-0.1, -0.05) is 0 Å². The number of esters is 1. The van der Waals surface area contributed by atoms with Crippen LogP contribution < -0.4 is 5.73 Å². The smallest absolute Gasteiger partial charge is 0.308 e. The van der Waals surface area contributed by atoms with E-state index in [1.165, 1.54) is 0 Å². The van der Waals surface area contributed by atoms with Crippen molar-refractivity contribution < 1.29 is 9.53 Å². The molecule has 0 saturated heterocycles. The average Bonchev–Trinajstić information content (AvgIpc) is 2.36. The minimum atomic E-state index is -0.0690. The van der Waals surface area contributed by atoms with Crippen molar-refractivity contribution in [1.29, 1.82) is 0 Å². The first-order valence-corrected chi connectivity index (χ1v) is 4.16. The molecule has 0 spiro atoms.